The zero-order valence-corrected chi connectivity index (χ0v) is 17.3. The molecular weight excluding hydrogens is 396 g/mol. The van der Waals surface area contributed by atoms with Gasteiger partial charge >= 0.3 is 0 Å². The quantitative estimate of drug-likeness (QED) is 0.533. The van der Waals surface area contributed by atoms with Crippen LogP contribution in [-0.2, 0) is 0 Å². The van der Waals surface area contributed by atoms with E-state index in [0.717, 1.165) is 16.8 Å². The molecular formula is C24H24N2O5. The lowest BCUT2D eigenvalue weighted by Gasteiger charge is -2.39. The molecule has 0 bridgehead atoms. The van der Waals surface area contributed by atoms with Crippen molar-refractivity contribution in [2.24, 2.45) is 5.92 Å². The van der Waals surface area contributed by atoms with Crippen LogP contribution < -0.4 is 29.8 Å². The first-order chi connectivity index (χ1) is 15.2. The van der Waals surface area contributed by atoms with Crippen molar-refractivity contribution in [3.8, 4) is 28.7 Å². The van der Waals surface area contributed by atoms with E-state index in [4.69, 9.17) is 18.9 Å². The monoisotopic (exact) mass is 420 g/mol. The van der Waals surface area contributed by atoms with Crippen molar-refractivity contribution in [3.05, 3.63) is 71.8 Å². The molecule has 2 aliphatic heterocycles. The van der Waals surface area contributed by atoms with Crippen molar-refractivity contribution < 1.29 is 24.1 Å². The number of nitrogens with one attached hydrogen (secondary N) is 2. The van der Waals surface area contributed by atoms with Gasteiger partial charge in [-0.2, -0.15) is 5.43 Å². The van der Waals surface area contributed by atoms with Gasteiger partial charge in [-0.1, -0.05) is 37.3 Å². The molecule has 3 aromatic carbocycles. The minimum atomic E-state index is -0.372. The summed E-state index contributed by atoms with van der Waals surface area (Å²) >= 11 is 0. The number of hydrogen-bond acceptors (Lipinski definition) is 7. The molecule has 160 valence electrons. The Labute approximate surface area is 180 Å². The second-order valence-corrected chi connectivity index (χ2v) is 7.65. The van der Waals surface area contributed by atoms with Crippen LogP contribution in [0.2, 0.25) is 0 Å². The summed E-state index contributed by atoms with van der Waals surface area (Å²) < 4.78 is 22.8. The Bertz CT molecular complexity index is 1090. The Balaban J connectivity index is 1.55. The fourth-order valence-electron chi connectivity index (χ4n) is 4.23. The first-order valence-corrected chi connectivity index (χ1v) is 10.2. The maximum atomic E-state index is 10.9. The first-order valence-electron chi connectivity index (χ1n) is 10.2. The van der Waals surface area contributed by atoms with Gasteiger partial charge in [0.2, 0.25) is 6.79 Å². The molecule has 0 aromatic heterocycles. The Morgan fingerprint density at radius 1 is 0.935 bits per heavy atom. The van der Waals surface area contributed by atoms with Gasteiger partial charge in [-0.15, -0.1) is 0 Å². The predicted octanol–water partition coefficient (Wildman–Crippen LogP) is 4.23. The molecule has 0 radical (unpaired) electrons. The van der Waals surface area contributed by atoms with Gasteiger partial charge in [0.05, 0.1) is 7.11 Å². The van der Waals surface area contributed by atoms with Crippen molar-refractivity contribution >= 4 is 5.69 Å². The fourth-order valence-corrected chi connectivity index (χ4v) is 4.23. The Morgan fingerprint density at radius 2 is 1.71 bits per heavy atom. The molecule has 7 nitrogen and oxygen atoms in total. The Kier molecular flexibility index (Phi) is 4.95. The minimum absolute atomic E-state index is 0.0397. The standard InChI is InChI=1S/C24H24N2O5/c1-14-22(16-9-6-10-18(28-2)23(16)27)17-11-20-21(30-13-29-20)12-19(17)31-24(14)26-25-15-7-4-3-5-8-15/h3-12,14,22,24-27H,13H2,1-2H3/t14-,22-,24-/m0/s1. The summed E-state index contributed by atoms with van der Waals surface area (Å²) in [5.74, 6) is 2.37. The van der Waals surface area contributed by atoms with E-state index >= 15 is 0 Å². The lowest BCUT2D eigenvalue weighted by Crippen LogP contribution is -2.47. The van der Waals surface area contributed by atoms with Crippen molar-refractivity contribution in [1.29, 1.82) is 0 Å². The third kappa shape index (κ3) is 3.47. The molecule has 2 aliphatic rings. The Morgan fingerprint density at radius 3 is 2.48 bits per heavy atom. The van der Waals surface area contributed by atoms with Crippen LogP contribution in [0.5, 0.6) is 28.7 Å². The lowest BCUT2D eigenvalue weighted by atomic mass is 9.78. The summed E-state index contributed by atoms with van der Waals surface area (Å²) in [6, 6.07) is 19.2. The zero-order chi connectivity index (χ0) is 21.4. The number of phenolic OH excluding ortho intramolecular Hbond substituents is 1. The van der Waals surface area contributed by atoms with Crippen molar-refractivity contribution in [2.75, 3.05) is 19.3 Å². The summed E-state index contributed by atoms with van der Waals surface area (Å²) in [4.78, 5) is 0. The molecule has 0 amide bonds. The van der Waals surface area contributed by atoms with E-state index in [-0.39, 0.29) is 30.6 Å². The van der Waals surface area contributed by atoms with E-state index in [0.29, 0.717) is 23.0 Å². The molecule has 5 rings (SSSR count). The van der Waals surface area contributed by atoms with E-state index in [1.807, 2.05) is 54.6 Å². The first kappa shape index (κ1) is 19.4. The number of phenols is 1. The number of fused-ring (bicyclic) bond motifs is 2. The van der Waals surface area contributed by atoms with Gasteiger partial charge in [-0.25, -0.2) is 0 Å². The van der Waals surface area contributed by atoms with E-state index in [9.17, 15) is 5.11 Å². The van der Waals surface area contributed by atoms with Crippen molar-refractivity contribution in [2.45, 2.75) is 19.1 Å². The average molecular weight is 420 g/mol. The van der Waals surface area contributed by atoms with Gasteiger partial charge in [0.15, 0.2) is 29.2 Å². The highest BCUT2D eigenvalue weighted by Crippen LogP contribution is 2.51. The highest BCUT2D eigenvalue weighted by atomic mass is 16.7. The Hall–Kier alpha value is -3.58. The normalized spacial score (nSPS) is 21.2. The number of benzene rings is 3. The molecule has 0 saturated carbocycles. The van der Waals surface area contributed by atoms with E-state index in [1.54, 1.807) is 13.2 Å². The molecule has 7 heteroatoms. The third-order valence-corrected chi connectivity index (χ3v) is 5.82. The molecule has 0 saturated heterocycles. The van der Waals surface area contributed by atoms with Crippen LogP contribution in [0.25, 0.3) is 0 Å². The second-order valence-electron chi connectivity index (χ2n) is 7.65. The number of rotatable bonds is 5. The van der Waals surface area contributed by atoms with E-state index < -0.39 is 0 Å². The number of hydrazine groups is 1. The van der Waals surface area contributed by atoms with Crippen LogP contribution in [-0.4, -0.2) is 25.2 Å². The molecule has 3 aromatic rings. The zero-order valence-electron chi connectivity index (χ0n) is 17.3. The number of hydrogen-bond donors (Lipinski definition) is 3. The molecule has 3 atom stereocenters. The van der Waals surface area contributed by atoms with Crippen LogP contribution in [0.3, 0.4) is 0 Å². The molecule has 0 aliphatic carbocycles. The minimum Gasteiger partial charge on any atom is -0.504 e. The van der Waals surface area contributed by atoms with Gasteiger partial charge in [-0.05, 0) is 24.3 Å². The number of anilines is 1. The highest BCUT2D eigenvalue weighted by molar-refractivity contribution is 5.59. The maximum absolute atomic E-state index is 10.9. The molecule has 0 unspecified atom stereocenters. The molecule has 31 heavy (non-hydrogen) atoms. The van der Waals surface area contributed by atoms with E-state index in [2.05, 4.69) is 17.8 Å². The topological polar surface area (TPSA) is 81.2 Å². The second kappa shape index (κ2) is 7.92. The largest absolute Gasteiger partial charge is 0.504 e. The van der Waals surface area contributed by atoms with Crippen LogP contribution in [0.15, 0.2) is 60.7 Å². The molecule has 2 heterocycles. The number of methoxy groups -OCH3 is 1. The lowest BCUT2D eigenvalue weighted by molar-refractivity contribution is 0.0857. The average Bonchev–Trinajstić information content (AvgIpc) is 3.25. The maximum Gasteiger partial charge on any atom is 0.231 e. The van der Waals surface area contributed by atoms with E-state index in [1.165, 1.54) is 0 Å². The smallest absolute Gasteiger partial charge is 0.231 e. The van der Waals surface area contributed by atoms with Gasteiger partial charge in [-0.3, -0.25) is 0 Å². The summed E-state index contributed by atoms with van der Waals surface area (Å²) in [5.41, 5.74) is 9.13. The van der Waals surface area contributed by atoms with Crippen LogP contribution in [0.1, 0.15) is 24.0 Å². The fraction of sp³-hybridized carbons (Fsp3) is 0.250. The summed E-state index contributed by atoms with van der Waals surface area (Å²) in [6.07, 6.45) is -0.372. The summed E-state index contributed by atoms with van der Waals surface area (Å²) in [7, 11) is 1.55. The molecule has 3 N–H and O–H groups in total. The van der Waals surface area contributed by atoms with Gasteiger partial charge in [0.25, 0.3) is 0 Å². The number of aromatic hydroxyl groups is 1. The highest BCUT2D eigenvalue weighted by Gasteiger charge is 2.39. The van der Waals surface area contributed by atoms with Crippen molar-refractivity contribution in [1.82, 2.24) is 5.43 Å². The predicted molar refractivity (Wildman–Crippen MR) is 116 cm³/mol. The molecule has 0 spiro atoms. The summed E-state index contributed by atoms with van der Waals surface area (Å²) in [5, 5.41) is 10.9. The number of ether oxygens (including phenoxy) is 4. The number of para-hydroxylation sites is 2. The van der Waals surface area contributed by atoms with Gasteiger partial charge in [0.1, 0.15) is 5.75 Å². The van der Waals surface area contributed by atoms with Crippen molar-refractivity contribution in [3.63, 3.8) is 0 Å². The van der Waals surface area contributed by atoms with Crippen LogP contribution >= 0.6 is 0 Å². The third-order valence-electron chi connectivity index (χ3n) is 5.82. The molecule has 0 fully saturated rings. The van der Waals surface area contributed by atoms with Gasteiger partial charge in [0, 0.05) is 34.7 Å². The SMILES string of the molecule is COc1cccc([C@H]2c3cc4c(cc3O[C@H](NNc3ccccc3)[C@H]2C)OCO4)c1O. The van der Waals surface area contributed by atoms with Crippen LogP contribution in [0.4, 0.5) is 5.69 Å². The summed E-state index contributed by atoms with van der Waals surface area (Å²) in [6.45, 7) is 2.27. The van der Waals surface area contributed by atoms with Gasteiger partial charge < -0.3 is 29.5 Å². The van der Waals surface area contributed by atoms with Crippen LogP contribution in [0, 0.1) is 5.92 Å².